The van der Waals surface area contributed by atoms with Crippen molar-refractivity contribution < 1.29 is 4.39 Å². The Labute approximate surface area is 136 Å². The molecule has 0 bridgehead atoms. The Kier molecular flexibility index (Phi) is 5.15. The molecule has 2 N–H and O–H groups in total. The molecule has 0 aromatic heterocycles. The molecule has 0 heterocycles. The molecular weight excluding hydrogens is 329 g/mol. The maximum atomic E-state index is 13.5. The van der Waals surface area contributed by atoms with Crippen LogP contribution in [-0.2, 0) is 6.42 Å². The lowest BCUT2D eigenvalue weighted by molar-refractivity contribution is 0.0925. The van der Waals surface area contributed by atoms with Crippen LogP contribution in [0.25, 0.3) is 0 Å². The Hall–Kier alpha value is -0.410. The molecule has 118 valence electrons. The summed E-state index contributed by atoms with van der Waals surface area (Å²) in [6.07, 6.45) is 5.63. The largest absolute Gasteiger partial charge is 0.330 e. The first kappa shape index (κ1) is 17.0. The molecule has 0 amide bonds. The van der Waals surface area contributed by atoms with Crippen molar-refractivity contribution in [2.45, 2.75) is 52.9 Å². The maximum absolute atomic E-state index is 13.5. The second-order valence-corrected chi connectivity index (χ2v) is 8.61. The fourth-order valence-corrected chi connectivity index (χ4v) is 4.02. The van der Waals surface area contributed by atoms with Crippen LogP contribution in [0, 0.1) is 22.6 Å². The van der Waals surface area contributed by atoms with Crippen molar-refractivity contribution in [1.29, 1.82) is 0 Å². The Morgan fingerprint density at radius 3 is 2.43 bits per heavy atom. The molecule has 2 rings (SSSR count). The van der Waals surface area contributed by atoms with Crippen LogP contribution in [0.1, 0.15) is 52.0 Å². The summed E-state index contributed by atoms with van der Waals surface area (Å²) in [5.74, 6) is 0.608. The highest BCUT2D eigenvalue weighted by molar-refractivity contribution is 9.10. The molecule has 1 aromatic carbocycles. The molecule has 1 aromatic rings. The highest BCUT2D eigenvalue weighted by Crippen LogP contribution is 2.46. The summed E-state index contributed by atoms with van der Waals surface area (Å²) < 4.78 is 14.5. The van der Waals surface area contributed by atoms with Gasteiger partial charge in [0.05, 0.1) is 0 Å². The van der Waals surface area contributed by atoms with Gasteiger partial charge in [0.25, 0.3) is 0 Å². The fraction of sp³-hybridized carbons (Fsp3) is 0.667. The number of benzene rings is 1. The van der Waals surface area contributed by atoms with Crippen LogP contribution in [0.5, 0.6) is 0 Å². The number of hydrogen-bond acceptors (Lipinski definition) is 1. The molecule has 1 nitrogen and oxygen atoms in total. The number of halogens is 2. The van der Waals surface area contributed by atoms with Gasteiger partial charge in [-0.05, 0) is 79.2 Å². The Morgan fingerprint density at radius 1 is 1.29 bits per heavy atom. The minimum absolute atomic E-state index is 0.137. The third-order valence-corrected chi connectivity index (χ3v) is 6.05. The Balaban J connectivity index is 2.12. The molecule has 21 heavy (non-hydrogen) atoms. The van der Waals surface area contributed by atoms with Gasteiger partial charge in [-0.15, -0.1) is 0 Å². The maximum Gasteiger partial charge on any atom is 0.123 e. The van der Waals surface area contributed by atoms with E-state index in [2.05, 4.69) is 36.7 Å². The monoisotopic (exact) mass is 355 g/mol. The van der Waals surface area contributed by atoms with Crippen LogP contribution in [0.15, 0.2) is 22.7 Å². The van der Waals surface area contributed by atoms with Gasteiger partial charge in [0.15, 0.2) is 0 Å². The van der Waals surface area contributed by atoms with Crippen molar-refractivity contribution in [3.63, 3.8) is 0 Å². The molecule has 1 aliphatic carbocycles. The summed E-state index contributed by atoms with van der Waals surface area (Å²) in [6, 6.07) is 4.95. The molecular formula is C18H27BrFN. The standard InChI is InChI=1S/C18H27BrFN/c1-17(2,3)14-6-8-18(12-21,9-7-14)11-13-10-15(20)4-5-16(13)19/h4-5,10,14H,6-9,11-12,21H2,1-3H3. The Bertz CT molecular complexity index is 484. The number of hydrogen-bond donors (Lipinski definition) is 1. The van der Waals surface area contributed by atoms with Crippen LogP contribution in [0.4, 0.5) is 4.39 Å². The van der Waals surface area contributed by atoms with E-state index in [-0.39, 0.29) is 11.2 Å². The first-order chi connectivity index (χ1) is 9.76. The lowest BCUT2D eigenvalue weighted by Crippen LogP contribution is -2.39. The molecule has 1 saturated carbocycles. The van der Waals surface area contributed by atoms with Crippen molar-refractivity contribution in [3.05, 3.63) is 34.1 Å². The topological polar surface area (TPSA) is 26.0 Å². The quantitative estimate of drug-likeness (QED) is 0.780. The zero-order valence-electron chi connectivity index (χ0n) is 13.4. The van der Waals surface area contributed by atoms with E-state index >= 15 is 0 Å². The second-order valence-electron chi connectivity index (χ2n) is 7.76. The minimum atomic E-state index is -0.163. The van der Waals surface area contributed by atoms with E-state index < -0.39 is 0 Å². The average molecular weight is 356 g/mol. The van der Waals surface area contributed by atoms with Crippen molar-refractivity contribution >= 4 is 15.9 Å². The highest BCUT2D eigenvalue weighted by Gasteiger charge is 2.38. The predicted molar refractivity (Wildman–Crippen MR) is 90.7 cm³/mol. The molecule has 0 saturated heterocycles. The van der Waals surface area contributed by atoms with Gasteiger partial charge in [-0.1, -0.05) is 36.7 Å². The van der Waals surface area contributed by atoms with E-state index in [1.807, 2.05) is 0 Å². The SMILES string of the molecule is CC(C)(C)C1CCC(CN)(Cc2cc(F)ccc2Br)CC1. The predicted octanol–water partition coefficient (Wildman–Crippen LogP) is 5.31. The molecule has 0 atom stereocenters. The average Bonchev–Trinajstić information content (AvgIpc) is 2.42. The first-order valence-corrected chi connectivity index (χ1v) is 8.69. The molecule has 0 unspecified atom stereocenters. The molecule has 1 fully saturated rings. The van der Waals surface area contributed by atoms with E-state index in [0.29, 0.717) is 12.0 Å². The highest BCUT2D eigenvalue weighted by atomic mass is 79.9. The van der Waals surface area contributed by atoms with Crippen LogP contribution in [0.2, 0.25) is 0 Å². The summed E-state index contributed by atoms with van der Waals surface area (Å²) in [4.78, 5) is 0. The molecule has 0 radical (unpaired) electrons. The third-order valence-electron chi connectivity index (χ3n) is 5.28. The lowest BCUT2D eigenvalue weighted by atomic mass is 9.62. The van der Waals surface area contributed by atoms with E-state index in [9.17, 15) is 4.39 Å². The van der Waals surface area contributed by atoms with Crippen LogP contribution in [0.3, 0.4) is 0 Å². The van der Waals surface area contributed by atoms with E-state index in [0.717, 1.165) is 35.2 Å². The van der Waals surface area contributed by atoms with Gasteiger partial charge in [0.1, 0.15) is 5.82 Å². The van der Waals surface area contributed by atoms with Crippen molar-refractivity contribution in [2.24, 2.45) is 22.5 Å². The molecule has 0 aliphatic heterocycles. The molecule has 0 spiro atoms. The summed E-state index contributed by atoms with van der Waals surface area (Å²) >= 11 is 3.55. The Morgan fingerprint density at radius 2 is 1.90 bits per heavy atom. The summed E-state index contributed by atoms with van der Waals surface area (Å²) in [7, 11) is 0. The normalized spacial score (nSPS) is 26.9. The summed E-state index contributed by atoms with van der Waals surface area (Å²) in [5.41, 5.74) is 7.68. The van der Waals surface area contributed by atoms with Crippen LogP contribution >= 0.6 is 15.9 Å². The van der Waals surface area contributed by atoms with E-state index in [1.54, 1.807) is 12.1 Å². The summed E-state index contributed by atoms with van der Waals surface area (Å²) in [6.45, 7) is 7.68. The third kappa shape index (κ3) is 4.07. The van der Waals surface area contributed by atoms with Crippen LogP contribution in [-0.4, -0.2) is 6.54 Å². The van der Waals surface area contributed by atoms with E-state index in [4.69, 9.17) is 5.73 Å². The summed E-state index contributed by atoms with van der Waals surface area (Å²) in [5, 5.41) is 0. The van der Waals surface area contributed by atoms with E-state index in [1.165, 1.54) is 18.9 Å². The van der Waals surface area contributed by atoms with Gasteiger partial charge in [0, 0.05) is 4.47 Å². The van der Waals surface area contributed by atoms with Crippen molar-refractivity contribution in [3.8, 4) is 0 Å². The first-order valence-electron chi connectivity index (χ1n) is 7.90. The zero-order chi connectivity index (χ0) is 15.7. The van der Waals surface area contributed by atoms with Gasteiger partial charge < -0.3 is 5.73 Å². The molecule has 1 aliphatic rings. The second kappa shape index (κ2) is 6.37. The zero-order valence-corrected chi connectivity index (χ0v) is 15.0. The van der Waals surface area contributed by atoms with Gasteiger partial charge >= 0.3 is 0 Å². The molecule has 3 heteroatoms. The van der Waals surface area contributed by atoms with Gasteiger partial charge in [-0.3, -0.25) is 0 Å². The minimum Gasteiger partial charge on any atom is -0.330 e. The smallest absolute Gasteiger partial charge is 0.123 e. The van der Waals surface area contributed by atoms with Gasteiger partial charge in [0.2, 0.25) is 0 Å². The number of nitrogens with two attached hydrogens (primary N) is 1. The van der Waals surface area contributed by atoms with Gasteiger partial charge in [-0.25, -0.2) is 4.39 Å². The number of rotatable bonds is 3. The van der Waals surface area contributed by atoms with Gasteiger partial charge in [-0.2, -0.15) is 0 Å². The fourth-order valence-electron chi connectivity index (χ4n) is 3.63. The van der Waals surface area contributed by atoms with Crippen molar-refractivity contribution in [1.82, 2.24) is 0 Å². The van der Waals surface area contributed by atoms with Crippen LogP contribution < -0.4 is 5.73 Å². The lowest BCUT2D eigenvalue weighted by Gasteiger charge is -2.44. The van der Waals surface area contributed by atoms with Crippen molar-refractivity contribution in [2.75, 3.05) is 6.54 Å².